The molecule has 0 saturated heterocycles. The summed E-state index contributed by atoms with van der Waals surface area (Å²) >= 11 is 0. The molecular formula is C20H25N3O3. The van der Waals surface area contributed by atoms with Crippen molar-refractivity contribution in [3.63, 3.8) is 0 Å². The van der Waals surface area contributed by atoms with Crippen LogP contribution in [0.15, 0.2) is 24.3 Å². The summed E-state index contributed by atoms with van der Waals surface area (Å²) in [5.74, 6) is -0.449. The molecule has 1 aromatic rings. The summed E-state index contributed by atoms with van der Waals surface area (Å²) in [5, 5.41) is 13.9. The average molecular weight is 355 g/mol. The number of nitrogens with zero attached hydrogens (tertiary/aromatic N) is 2. The van der Waals surface area contributed by atoms with Crippen molar-refractivity contribution in [3.05, 3.63) is 35.4 Å². The molecule has 0 saturated carbocycles. The van der Waals surface area contributed by atoms with Gasteiger partial charge >= 0.3 is 0 Å². The number of rotatable bonds is 3. The van der Waals surface area contributed by atoms with Crippen molar-refractivity contribution in [2.75, 3.05) is 32.5 Å². The maximum Gasteiger partial charge on any atom is 0.261 e. The fraction of sp³-hybridized carbons (Fsp3) is 0.500. The third kappa shape index (κ3) is 2.32. The van der Waals surface area contributed by atoms with E-state index in [-0.39, 0.29) is 23.8 Å². The van der Waals surface area contributed by atoms with Gasteiger partial charge in [-0.2, -0.15) is 0 Å². The first-order chi connectivity index (χ1) is 12.4. The molecule has 3 unspecified atom stereocenters. The van der Waals surface area contributed by atoms with Crippen LogP contribution in [0.3, 0.4) is 0 Å². The summed E-state index contributed by atoms with van der Waals surface area (Å²) in [6.07, 6.45) is 3.30. The van der Waals surface area contributed by atoms with Crippen molar-refractivity contribution >= 4 is 23.1 Å². The molecule has 2 N–H and O–H groups in total. The van der Waals surface area contributed by atoms with Crippen molar-refractivity contribution in [2.24, 2.45) is 5.92 Å². The van der Waals surface area contributed by atoms with Crippen LogP contribution in [-0.4, -0.2) is 59.9 Å². The van der Waals surface area contributed by atoms with Gasteiger partial charge in [0.15, 0.2) is 5.60 Å². The summed E-state index contributed by atoms with van der Waals surface area (Å²) in [5.41, 5.74) is 1.77. The molecule has 2 heterocycles. The number of aliphatic hydroxyl groups is 1. The van der Waals surface area contributed by atoms with E-state index in [1.165, 1.54) is 0 Å². The van der Waals surface area contributed by atoms with Gasteiger partial charge in [-0.3, -0.25) is 14.5 Å². The molecule has 0 aromatic heterocycles. The van der Waals surface area contributed by atoms with Gasteiger partial charge in [0.05, 0.1) is 5.92 Å². The predicted octanol–water partition coefficient (Wildman–Crippen LogP) is 1.41. The fourth-order valence-electron chi connectivity index (χ4n) is 4.63. The second-order valence-electron chi connectivity index (χ2n) is 7.69. The van der Waals surface area contributed by atoms with Gasteiger partial charge in [0.2, 0.25) is 5.91 Å². The van der Waals surface area contributed by atoms with Crippen LogP contribution in [0.4, 0.5) is 5.69 Å². The number of nitrogens with one attached hydrogen (secondary N) is 1. The lowest BCUT2D eigenvalue weighted by atomic mass is 9.72. The van der Waals surface area contributed by atoms with Crippen LogP contribution in [0.1, 0.15) is 30.9 Å². The molecule has 6 heteroatoms. The fourth-order valence-corrected chi connectivity index (χ4v) is 4.63. The van der Waals surface area contributed by atoms with Gasteiger partial charge in [-0.15, -0.1) is 0 Å². The molecule has 3 atom stereocenters. The van der Waals surface area contributed by atoms with Gasteiger partial charge < -0.3 is 15.3 Å². The maximum absolute atomic E-state index is 12.8. The lowest BCUT2D eigenvalue weighted by Crippen LogP contribution is -2.51. The van der Waals surface area contributed by atoms with Gasteiger partial charge in [-0.05, 0) is 30.7 Å². The van der Waals surface area contributed by atoms with E-state index in [1.54, 1.807) is 4.90 Å². The van der Waals surface area contributed by atoms with Gasteiger partial charge in [0.25, 0.3) is 5.91 Å². The quantitative estimate of drug-likeness (QED) is 0.860. The highest BCUT2D eigenvalue weighted by atomic mass is 16.3. The third-order valence-corrected chi connectivity index (χ3v) is 5.91. The Balaban J connectivity index is 1.79. The van der Waals surface area contributed by atoms with Crippen LogP contribution in [0.25, 0.3) is 5.57 Å². The molecule has 0 bridgehead atoms. The molecule has 0 radical (unpaired) electrons. The zero-order chi connectivity index (χ0) is 18.6. The minimum absolute atomic E-state index is 0.0767. The van der Waals surface area contributed by atoms with E-state index in [2.05, 4.69) is 23.2 Å². The highest BCUT2D eigenvalue weighted by molar-refractivity contribution is 6.08. The average Bonchev–Trinajstić information content (AvgIpc) is 2.87. The number of hydrogen-bond donors (Lipinski definition) is 2. The minimum Gasteiger partial charge on any atom is -0.375 e. The van der Waals surface area contributed by atoms with Crippen LogP contribution >= 0.6 is 0 Å². The second kappa shape index (κ2) is 5.93. The van der Waals surface area contributed by atoms with Crippen molar-refractivity contribution in [1.29, 1.82) is 0 Å². The molecule has 6 nitrogen and oxygen atoms in total. The standard InChI is InChI=1S/C20H25N3O3/c1-4-8-22(2)18(24)12-9-14-13-6-5-7-15-17(13)20(26,19(25)21-15)10-16(14)23(3)11-12/h5-7,9,12,16,26H,4,8,10-11H2,1-3H3,(H,21,25). The number of hydrogen-bond acceptors (Lipinski definition) is 4. The van der Waals surface area contributed by atoms with E-state index in [0.29, 0.717) is 24.2 Å². The number of carbonyl (C=O) groups excluding carboxylic acids is 2. The van der Waals surface area contributed by atoms with Crippen molar-refractivity contribution in [1.82, 2.24) is 9.80 Å². The van der Waals surface area contributed by atoms with E-state index in [1.807, 2.05) is 32.3 Å². The minimum atomic E-state index is -1.49. The zero-order valence-electron chi connectivity index (χ0n) is 15.5. The van der Waals surface area contributed by atoms with E-state index in [4.69, 9.17) is 0 Å². The van der Waals surface area contributed by atoms with Crippen LogP contribution in [-0.2, 0) is 15.2 Å². The number of amides is 2. The Morgan fingerprint density at radius 1 is 1.46 bits per heavy atom. The summed E-state index contributed by atoms with van der Waals surface area (Å²) in [4.78, 5) is 29.1. The first-order valence-corrected chi connectivity index (χ1v) is 9.21. The molecule has 2 amide bonds. The van der Waals surface area contributed by atoms with E-state index in [9.17, 15) is 14.7 Å². The smallest absolute Gasteiger partial charge is 0.261 e. The van der Waals surface area contributed by atoms with E-state index < -0.39 is 5.60 Å². The Kier molecular flexibility index (Phi) is 3.93. The molecule has 138 valence electrons. The van der Waals surface area contributed by atoms with Crippen molar-refractivity contribution in [2.45, 2.75) is 31.4 Å². The summed E-state index contributed by atoms with van der Waals surface area (Å²) in [6.45, 7) is 3.39. The molecule has 3 aliphatic rings. The monoisotopic (exact) mass is 355 g/mol. The Morgan fingerprint density at radius 3 is 2.96 bits per heavy atom. The topological polar surface area (TPSA) is 72.9 Å². The zero-order valence-corrected chi connectivity index (χ0v) is 15.5. The molecule has 4 rings (SSSR count). The van der Waals surface area contributed by atoms with E-state index >= 15 is 0 Å². The molecular weight excluding hydrogens is 330 g/mol. The van der Waals surface area contributed by atoms with Crippen molar-refractivity contribution < 1.29 is 14.7 Å². The van der Waals surface area contributed by atoms with Gasteiger partial charge in [-0.25, -0.2) is 0 Å². The SMILES string of the molecule is CCCN(C)C(=O)C1C=C2c3cccc4c3C(O)(CC2N(C)C1)C(=O)N4. The number of anilines is 1. The first kappa shape index (κ1) is 17.2. The van der Waals surface area contributed by atoms with Crippen molar-refractivity contribution in [3.8, 4) is 0 Å². The van der Waals surface area contributed by atoms with Gasteiger partial charge in [0, 0.05) is 43.9 Å². The summed E-state index contributed by atoms with van der Waals surface area (Å²) in [6, 6.07) is 5.57. The lowest BCUT2D eigenvalue weighted by molar-refractivity contribution is -0.137. The number of likely N-dealkylation sites (N-methyl/N-ethyl adjacent to an activating group) is 1. The maximum atomic E-state index is 12.8. The van der Waals surface area contributed by atoms with Crippen LogP contribution in [0.2, 0.25) is 0 Å². The van der Waals surface area contributed by atoms with Crippen LogP contribution in [0, 0.1) is 5.92 Å². The number of benzene rings is 1. The summed E-state index contributed by atoms with van der Waals surface area (Å²) in [7, 11) is 3.81. The highest BCUT2D eigenvalue weighted by Gasteiger charge is 2.53. The highest BCUT2D eigenvalue weighted by Crippen LogP contribution is 2.51. The number of carbonyl (C=O) groups is 2. The normalized spacial score (nSPS) is 29.5. The molecule has 26 heavy (non-hydrogen) atoms. The predicted molar refractivity (Wildman–Crippen MR) is 99.4 cm³/mol. The molecule has 2 aliphatic heterocycles. The van der Waals surface area contributed by atoms with Crippen LogP contribution < -0.4 is 5.32 Å². The number of fused-ring (bicyclic) bond motifs is 2. The molecule has 0 spiro atoms. The molecule has 1 aromatic carbocycles. The lowest BCUT2D eigenvalue weighted by Gasteiger charge is -2.44. The summed E-state index contributed by atoms with van der Waals surface area (Å²) < 4.78 is 0. The largest absolute Gasteiger partial charge is 0.375 e. The Hall–Kier alpha value is -2.18. The third-order valence-electron chi connectivity index (χ3n) is 5.91. The first-order valence-electron chi connectivity index (χ1n) is 9.21. The molecule has 1 aliphatic carbocycles. The van der Waals surface area contributed by atoms with Gasteiger partial charge in [0.1, 0.15) is 0 Å². The Bertz CT molecular complexity index is 819. The van der Waals surface area contributed by atoms with E-state index in [0.717, 1.165) is 24.1 Å². The molecule has 0 fully saturated rings. The Labute approximate surface area is 153 Å². The van der Waals surface area contributed by atoms with Crippen LogP contribution in [0.5, 0.6) is 0 Å². The second-order valence-corrected chi connectivity index (χ2v) is 7.69. The Morgan fingerprint density at radius 2 is 2.23 bits per heavy atom. The van der Waals surface area contributed by atoms with Gasteiger partial charge in [-0.1, -0.05) is 25.1 Å².